The van der Waals surface area contributed by atoms with Crippen molar-refractivity contribution in [3.05, 3.63) is 28.0 Å². The maximum absolute atomic E-state index is 12.4. The Morgan fingerprint density at radius 3 is 2.73 bits per heavy atom. The third kappa shape index (κ3) is 4.70. The minimum Gasteiger partial charge on any atom is -0.250 e. The van der Waals surface area contributed by atoms with Crippen LogP contribution in [0, 0.1) is 6.92 Å². The molecular formula is C9H10F3NS2. The third-order valence-electron chi connectivity index (χ3n) is 1.58. The predicted octanol–water partition coefficient (Wildman–Crippen LogP) is 4.15. The van der Waals surface area contributed by atoms with Crippen LogP contribution in [-0.2, 0) is 5.75 Å². The van der Waals surface area contributed by atoms with Crippen molar-refractivity contribution in [1.82, 2.24) is 4.98 Å². The van der Waals surface area contributed by atoms with Crippen molar-refractivity contribution in [3.63, 3.8) is 0 Å². The summed E-state index contributed by atoms with van der Waals surface area (Å²) in [6.07, 6.45) is -0.649. The van der Waals surface area contributed by atoms with Crippen molar-refractivity contribution in [2.75, 3.05) is 5.75 Å². The summed E-state index contributed by atoms with van der Waals surface area (Å²) >= 11 is 3.00. The summed E-state index contributed by atoms with van der Waals surface area (Å²) in [5, 5.41) is 0.978. The highest BCUT2D eigenvalue weighted by atomic mass is 32.2. The second-order valence-corrected chi connectivity index (χ2v) is 5.24. The second kappa shape index (κ2) is 6.17. The number of thioether (sulfide) groups is 1. The smallest absolute Gasteiger partial charge is 0.250 e. The molecule has 1 nitrogen and oxygen atoms in total. The summed E-state index contributed by atoms with van der Waals surface area (Å²) in [4.78, 5) is 5.15. The summed E-state index contributed by atoms with van der Waals surface area (Å²) in [5.41, 5.74) is 0. The zero-order valence-electron chi connectivity index (χ0n) is 8.10. The van der Waals surface area contributed by atoms with E-state index in [1.54, 1.807) is 17.5 Å². The summed E-state index contributed by atoms with van der Waals surface area (Å²) in [5.74, 6) is -0.240. The zero-order chi connectivity index (χ0) is 11.3. The van der Waals surface area contributed by atoms with Crippen LogP contribution in [0.15, 0.2) is 18.1 Å². The van der Waals surface area contributed by atoms with E-state index in [0.717, 1.165) is 9.88 Å². The minimum absolute atomic E-state index is 0.204. The first-order chi connectivity index (χ1) is 7.09. The molecule has 84 valence electrons. The van der Waals surface area contributed by atoms with Gasteiger partial charge in [-0.3, -0.25) is 0 Å². The van der Waals surface area contributed by atoms with Crippen LogP contribution < -0.4 is 0 Å². The van der Waals surface area contributed by atoms with Gasteiger partial charge in [-0.15, -0.1) is 11.3 Å². The van der Waals surface area contributed by atoms with Crippen molar-refractivity contribution >= 4 is 23.1 Å². The van der Waals surface area contributed by atoms with E-state index in [4.69, 9.17) is 0 Å². The molecule has 0 saturated heterocycles. The van der Waals surface area contributed by atoms with E-state index in [-0.39, 0.29) is 6.42 Å². The molecule has 0 unspecified atom stereocenters. The molecule has 1 aromatic rings. The van der Waals surface area contributed by atoms with Gasteiger partial charge in [-0.25, -0.2) is 9.37 Å². The van der Waals surface area contributed by atoms with E-state index in [9.17, 15) is 13.2 Å². The van der Waals surface area contributed by atoms with Gasteiger partial charge in [0, 0.05) is 29.0 Å². The Bertz CT molecular complexity index is 345. The van der Waals surface area contributed by atoms with Gasteiger partial charge in [-0.05, 0) is 6.92 Å². The minimum atomic E-state index is -2.20. The van der Waals surface area contributed by atoms with E-state index in [2.05, 4.69) is 4.98 Å². The average Bonchev–Trinajstić information content (AvgIpc) is 2.58. The SMILES string of the molecule is Cc1ncc(CSCCC(F)=C(F)F)s1. The van der Waals surface area contributed by atoms with Crippen LogP contribution in [0.1, 0.15) is 16.3 Å². The van der Waals surface area contributed by atoms with E-state index in [0.29, 0.717) is 11.5 Å². The topological polar surface area (TPSA) is 12.9 Å². The van der Waals surface area contributed by atoms with Crippen LogP contribution in [0.5, 0.6) is 0 Å². The highest BCUT2D eigenvalue weighted by molar-refractivity contribution is 7.98. The molecular weight excluding hydrogens is 243 g/mol. The number of hydrogen-bond donors (Lipinski definition) is 0. The van der Waals surface area contributed by atoms with Crippen LogP contribution >= 0.6 is 23.1 Å². The van der Waals surface area contributed by atoms with Gasteiger partial charge in [0.05, 0.1) is 5.01 Å². The molecule has 0 fully saturated rings. The molecule has 1 aromatic heterocycles. The number of hydrogen-bond acceptors (Lipinski definition) is 3. The Hall–Kier alpha value is -0.490. The molecule has 0 spiro atoms. The standard InChI is InChI=1S/C9H10F3NS2/c1-6-13-4-7(15-6)5-14-3-2-8(10)9(11)12/h4H,2-3,5H2,1H3. The van der Waals surface area contributed by atoms with Gasteiger partial charge in [0.2, 0.25) is 0 Å². The van der Waals surface area contributed by atoms with Crippen LogP contribution in [0.25, 0.3) is 0 Å². The molecule has 0 saturated carbocycles. The van der Waals surface area contributed by atoms with Gasteiger partial charge in [-0.2, -0.15) is 20.5 Å². The van der Waals surface area contributed by atoms with E-state index in [1.165, 1.54) is 11.8 Å². The van der Waals surface area contributed by atoms with Crippen molar-refractivity contribution < 1.29 is 13.2 Å². The number of allylic oxidation sites excluding steroid dienone is 1. The third-order valence-corrected chi connectivity index (χ3v) is 3.69. The number of aryl methyl sites for hydroxylation is 1. The van der Waals surface area contributed by atoms with Crippen molar-refractivity contribution in [2.45, 2.75) is 19.1 Å². The maximum Gasteiger partial charge on any atom is 0.301 e. The lowest BCUT2D eigenvalue weighted by molar-refractivity contribution is 0.373. The lowest BCUT2D eigenvalue weighted by Gasteiger charge is -1.97. The summed E-state index contributed by atoms with van der Waals surface area (Å²) in [6.45, 7) is 1.90. The molecule has 0 N–H and O–H groups in total. The molecule has 15 heavy (non-hydrogen) atoms. The summed E-state index contributed by atoms with van der Waals surface area (Å²) in [6, 6.07) is 0. The molecule has 0 aromatic carbocycles. The van der Waals surface area contributed by atoms with Crippen LogP contribution in [0.2, 0.25) is 0 Å². The first-order valence-corrected chi connectivity index (χ1v) is 6.25. The number of nitrogens with zero attached hydrogens (tertiary/aromatic N) is 1. The molecule has 0 atom stereocenters. The van der Waals surface area contributed by atoms with Gasteiger partial charge in [0.1, 0.15) is 0 Å². The Kier molecular flexibility index (Phi) is 5.17. The maximum atomic E-state index is 12.4. The lowest BCUT2D eigenvalue weighted by Crippen LogP contribution is -1.83. The highest BCUT2D eigenvalue weighted by Gasteiger charge is 2.05. The first-order valence-electron chi connectivity index (χ1n) is 4.28. The Balaban J connectivity index is 2.20. The molecule has 0 radical (unpaired) electrons. The normalized spacial score (nSPS) is 10.4. The van der Waals surface area contributed by atoms with Crippen molar-refractivity contribution in [1.29, 1.82) is 0 Å². The lowest BCUT2D eigenvalue weighted by atomic mass is 10.4. The quantitative estimate of drug-likeness (QED) is 0.731. The van der Waals surface area contributed by atoms with E-state index in [1.807, 2.05) is 6.92 Å². The van der Waals surface area contributed by atoms with Gasteiger partial charge in [0.25, 0.3) is 0 Å². The van der Waals surface area contributed by atoms with Crippen molar-refractivity contribution in [2.24, 2.45) is 0 Å². The fourth-order valence-corrected chi connectivity index (χ4v) is 2.72. The second-order valence-electron chi connectivity index (χ2n) is 2.81. The zero-order valence-corrected chi connectivity index (χ0v) is 9.73. The van der Waals surface area contributed by atoms with Crippen LogP contribution in [-0.4, -0.2) is 10.7 Å². The predicted molar refractivity (Wildman–Crippen MR) is 58.0 cm³/mol. The fraction of sp³-hybridized carbons (Fsp3) is 0.444. The number of rotatable bonds is 5. The highest BCUT2D eigenvalue weighted by Crippen LogP contribution is 2.21. The number of halogens is 3. The molecule has 1 heterocycles. The number of aromatic nitrogens is 1. The van der Waals surface area contributed by atoms with E-state index < -0.39 is 11.9 Å². The molecule has 1 rings (SSSR count). The monoisotopic (exact) mass is 253 g/mol. The van der Waals surface area contributed by atoms with Crippen molar-refractivity contribution in [3.8, 4) is 0 Å². The molecule has 0 amide bonds. The largest absolute Gasteiger partial charge is 0.301 e. The van der Waals surface area contributed by atoms with Gasteiger partial charge >= 0.3 is 6.08 Å². The van der Waals surface area contributed by atoms with E-state index >= 15 is 0 Å². The Morgan fingerprint density at radius 2 is 2.20 bits per heavy atom. The summed E-state index contributed by atoms with van der Waals surface area (Å²) in [7, 11) is 0. The van der Waals surface area contributed by atoms with Crippen LogP contribution in [0.4, 0.5) is 13.2 Å². The summed E-state index contributed by atoms with van der Waals surface area (Å²) < 4.78 is 35.7. The average molecular weight is 253 g/mol. The fourth-order valence-electron chi connectivity index (χ4n) is 0.901. The van der Waals surface area contributed by atoms with Gasteiger partial charge < -0.3 is 0 Å². The van der Waals surface area contributed by atoms with Gasteiger partial charge in [0.15, 0.2) is 5.83 Å². The number of thiazole rings is 1. The molecule has 0 aliphatic carbocycles. The molecule has 0 aliphatic heterocycles. The van der Waals surface area contributed by atoms with Gasteiger partial charge in [-0.1, -0.05) is 0 Å². The molecule has 0 aliphatic rings. The molecule has 6 heteroatoms. The Labute approximate surface area is 94.4 Å². The first kappa shape index (κ1) is 12.6. The molecule has 0 bridgehead atoms. The van der Waals surface area contributed by atoms with Crippen LogP contribution in [0.3, 0.4) is 0 Å². The Morgan fingerprint density at radius 1 is 1.47 bits per heavy atom.